The molecule has 1 unspecified atom stereocenters. The van der Waals surface area contributed by atoms with Crippen LogP contribution in [0.25, 0.3) is 0 Å². The molecule has 1 aliphatic heterocycles. The van der Waals surface area contributed by atoms with Crippen LogP contribution in [0.1, 0.15) is 23.6 Å². The van der Waals surface area contributed by atoms with Crippen molar-refractivity contribution >= 4 is 28.9 Å². The largest absolute Gasteiger partial charge is 0.497 e. The molecule has 0 saturated carbocycles. The van der Waals surface area contributed by atoms with E-state index in [2.05, 4.69) is 36.1 Å². The highest BCUT2D eigenvalue weighted by atomic mass is 35.5. The second kappa shape index (κ2) is 8.41. The second-order valence-corrected chi connectivity index (χ2v) is 8.90. The summed E-state index contributed by atoms with van der Waals surface area (Å²) in [6.45, 7) is 3.91. The number of hydrogen-bond donors (Lipinski definition) is 0. The molecule has 3 aromatic carbocycles. The third-order valence-corrected chi connectivity index (χ3v) is 6.46. The molecule has 0 N–H and O–H groups in total. The van der Waals surface area contributed by atoms with E-state index >= 15 is 0 Å². The number of benzene rings is 3. The van der Waals surface area contributed by atoms with Crippen LogP contribution in [0, 0.1) is 0 Å². The van der Waals surface area contributed by atoms with Gasteiger partial charge in [-0.2, -0.15) is 0 Å². The van der Waals surface area contributed by atoms with Crippen molar-refractivity contribution in [3.05, 3.63) is 87.4 Å². The van der Waals surface area contributed by atoms with Gasteiger partial charge in [0, 0.05) is 34.2 Å². The molecule has 0 aromatic heterocycles. The van der Waals surface area contributed by atoms with E-state index in [0.29, 0.717) is 5.02 Å². The van der Waals surface area contributed by atoms with Crippen LogP contribution in [0.4, 0.5) is 5.69 Å². The van der Waals surface area contributed by atoms with E-state index in [1.54, 1.807) is 14.2 Å². The van der Waals surface area contributed by atoms with Gasteiger partial charge in [0.05, 0.1) is 14.2 Å². The van der Waals surface area contributed by atoms with Gasteiger partial charge < -0.3 is 14.4 Å². The molecule has 1 heterocycles. The molecule has 0 aliphatic carbocycles. The molecule has 0 spiro atoms. The summed E-state index contributed by atoms with van der Waals surface area (Å²) in [5.41, 5.74) is 4.62. The zero-order valence-electron chi connectivity index (χ0n) is 17.4. The first-order valence-electron chi connectivity index (χ1n) is 9.92. The Morgan fingerprint density at radius 2 is 1.50 bits per heavy atom. The average molecular weight is 442 g/mol. The number of fused-ring (bicyclic) bond motifs is 1. The van der Waals surface area contributed by atoms with Crippen LogP contribution in [0.5, 0.6) is 11.5 Å². The Bertz CT molecular complexity index is 1030. The molecule has 3 nitrogen and oxygen atoms in total. The number of hydrogen-bond acceptors (Lipinski definition) is 3. The summed E-state index contributed by atoms with van der Waals surface area (Å²) in [6, 6.07) is 20.4. The lowest BCUT2D eigenvalue weighted by Gasteiger charge is -2.43. The molecular weight excluding hydrogens is 417 g/mol. The molecular formula is C25H25Cl2NO2. The number of ether oxygens (including phenoxy) is 2. The summed E-state index contributed by atoms with van der Waals surface area (Å²) < 4.78 is 10.6. The highest BCUT2D eigenvalue weighted by Crippen LogP contribution is 2.44. The molecule has 3 aromatic rings. The van der Waals surface area contributed by atoms with Gasteiger partial charge in [0.15, 0.2) is 0 Å². The lowest BCUT2D eigenvalue weighted by Crippen LogP contribution is -2.44. The van der Waals surface area contributed by atoms with E-state index in [0.717, 1.165) is 47.3 Å². The minimum absolute atomic E-state index is 0.0940. The van der Waals surface area contributed by atoms with Crippen molar-refractivity contribution < 1.29 is 9.47 Å². The predicted molar refractivity (Wildman–Crippen MR) is 125 cm³/mol. The summed E-state index contributed by atoms with van der Waals surface area (Å²) in [6.07, 6.45) is 0.851. The third-order valence-electron chi connectivity index (χ3n) is 5.90. The van der Waals surface area contributed by atoms with Crippen molar-refractivity contribution in [2.75, 3.05) is 25.7 Å². The Kier molecular flexibility index (Phi) is 5.86. The van der Waals surface area contributed by atoms with E-state index in [-0.39, 0.29) is 5.41 Å². The molecule has 156 valence electrons. The van der Waals surface area contributed by atoms with Crippen molar-refractivity contribution in [2.24, 2.45) is 0 Å². The first-order chi connectivity index (χ1) is 14.4. The van der Waals surface area contributed by atoms with Gasteiger partial charge in [-0.25, -0.2) is 0 Å². The summed E-state index contributed by atoms with van der Waals surface area (Å²) in [5.74, 6) is 1.71. The SMILES string of the molecule is COc1ccc(CN2CC(C)(c3ccc(OC)cc3)Cc3c(Cl)cc(Cl)cc32)cc1. The van der Waals surface area contributed by atoms with Crippen LogP contribution < -0.4 is 14.4 Å². The maximum atomic E-state index is 6.67. The van der Waals surface area contributed by atoms with Gasteiger partial charge in [0.2, 0.25) is 0 Å². The van der Waals surface area contributed by atoms with E-state index in [9.17, 15) is 0 Å². The Balaban J connectivity index is 1.73. The van der Waals surface area contributed by atoms with Gasteiger partial charge in [-0.15, -0.1) is 0 Å². The van der Waals surface area contributed by atoms with Gasteiger partial charge >= 0.3 is 0 Å². The average Bonchev–Trinajstić information content (AvgIpc) is 2.75. The molecule has 0 fully saturated rings. The zero-order chi connectivity index (χ0) is 21.3. The fraction of sp³-hybridized carbons (Fsp3) is 0.280. The van der Waals surface area contributed by atoms with E-state index < -0.39 is 0 Å². The van der Waals surface area contributed by atoms with Crippen LogP contribution in [0.15, 0.2) is 60.7 Å². The molecule has 1 atom stereocenters. The maximum Gasteiger partial charge on any atom is 0.118 e. The Morgan fingerprint density at radius 1 is 0.900 bits per heavy atom. The number of nitrogens with zero attached hydrogens (tertiary/aromatic N) is 1. The normalized spacial score (nSPS) is 18.1. The smallest absolute Gasteiger partial charge is 0.118 e. The zero-order valence-corrected chi connectivity index (χ0v) is 18.9. The molecule has 4 rings (SSSR count). The summed E-state index contributed by atoms with van der Waals surface area (Å²) in [5, 5.41) is 1.38. The van der Waals surface area contributed by atoms with Crippen molar-refractivity contribution in [1.29, 1.82) is 0 Å². The second-order valence-electron chi connectivity index (χ2n) is 8.06. The maximum absolute atomic E-state index is 6.67. The first kappa shape index (κ1) is 20.9. The van der Waals surface area contributed by atoms with Gasteiger partial charge in [-0.05, 0) is 59.5 Å². The van der Waals surface area contributed by atoms with Crippen LogP contribution in [-0.4, -0.2) is 20.8 Å². The van der Waals surface area contributed by atoms with Gasteiger partial charge in [0.1, 0.15) is 11.5 Å². The fourth-order valence-corrected chi connectivity index (χ4v) is 4.83. The van der Waals surface area contributed by atoms with Crippen molar-refractivity contribution in [1.82, 2.24) is 0 Å². The third kappa shape index (κ3) is 4.10. The van der Waals surface area contributed by atoms with E-state index in [1.165, 1.54) is 11.1 Å². The lowest BCUT2D eigenvalue weighted by molar-refractivity contribution is 0.411. The molecule has 5 heteroatoms. The minimum Gasteiger partial charge on any atom is -0.497 e. The van der Waals surface area contributed by atoms with Crippen molar-refractivity contribution in [3.63, 3.8) is 0 Å². The fourth-order valence-electron chi connectivity index (χ4n) is 4.28. The number of methoxy groups -OCH3 is 2. The van der Waals surface area contributed by atoms with Crippen LogP contribution >= 0.6 is 23.2 Å². The summed E-state index contributed by atoms with van der Waals surface area (Å²) in [4.78, 5) is 2.38. The molecule has 1 aliphatic rings. The molecule has 0 radical (unpaired) electrons. The minimum atomic E-state index is -0.0940. The van der Waals surface area contributed by atoms with Crippen LogP contribution in [-0.2, 0) is 18.4 Å². The van der Waals surface area contributed by atoms with Crippen LogP contribution in [0.2, 0.25) is 10.0 Å². The molecule has 30 heavy (non-hydrogen) atoms. The van der Waals surface area contributed by atoms with Gasteiger partial charge in [0.25, 0.3) is 0 Å². The summed E-state index contributed by atoms with van der Waals surface area (Å²) >= 11 is 13.0. The predicted octanol–water partition coefficient (Wildman–Crippen LogP) is 6.53. The highest BCUT2D eigenvalue weighted by Gasteiger charge is 2.37. The van der Waals surface area contributed by atoms with E-state index in [4.69, 9.17) is 32.7 Å². The number of rotatable bonds is 5. The Morgan fingerprint density at radius 3 is 2.10 bits per heavy atom. The lowest BCUT2D eigenvalue weighted by atomic mass is 9.74. The van der Waals surface area contributed by atoms with E-state index in [1.807, 2.05) is 36.4 Å². The topological polar surface area (TPSA) is 21.7 Å². The van der Waals surface area contributed by atoms with Gasteiger partial charge in [-0.1, -0.05) is 54.4 Å². The first-order valence-corrected chi connectivity index (χ1v) is 10.7. The van der Waals surface area contributed by atoms with Crippen molar-refractivity contribution in [3.8, 4) is 11.5 Å². The van der Waals surface area contributed by atoms with Crippen LogP contribution in [0.3, 0.4) is 0 Å². The van der Waals surface area contributed by atoms with Gasteiger partial charge in [-0.3, -0.25) is 0 Å². The number of anilines is 1. The summed E-state index contributed by atoms with van der Waals surface area (Å²) in [7, 11) is 3.37. The monoisotopic (exact) mass is 441 g/mol. The molecule has 0 saturated heterocycles. The van der Waals surface area contributed by atoms with Crippen molar-refractivity contribution in [2.45, 2.75) is 25.3 Å². The number of halogens is 2. The molecule has 0 bridgehead atoms. The highest BCUT2D eigenvalue weighted by molar-refractivity contribution is 6.35. The molecule has 0 amide bonds. The standard InChI is InChI=1S/C25H25Cl2NO2/c1-25(18-6-10-21(30-3)11-7-18)14-22-23(27)12-19(26)13-24(22)28(16-25)15-17-4-8-20(29-2)9-5-17/h4-13H,14-16H2,1-3H3. The quantitative estimate of drug-likeness (QED) is 0.448. The Hall–Kier alpha value is -2.36. The Labute approximate surface area is 188 Å².